The van der Waals surface area contributed by atoms with Crippen LogP contribution in [0.4, 0.5) is 0 Å². The molecular formula is C7H13NO2. The highest BCUT2D eigenvalue weighted by Crippen LogP contribution is 1.94. The number of hydrogen-bond donors (Lipinski definition) is 2. The van der Waals surface area contributed by atoms with E-state index < -0.39 is 6.23 Å². The summed E-state index contributed by atoms with van der Waals surface area (Å²) in [7, 11) is 0. The van der Waals surface area contributed by atoms with Crippen LogP contribution in [0.2, 0.25) is 0 Å². The zero-order valence-electron chi connectivity index (χ0n) is 6.24. The zero-order valence-corrected chi connectivity index (χ0v) is 6.24. The molecule has 0 aliphatic carbocycles. The molecule has 0 aromatic carbocycles. The summed E-state index contributed by atoms with van der Waals surface area (Å²) >= 11 is 0. The summed E-state index contributed by atoms with van der Waals surface area (Å²) < 4.78 is 0. The average Bonchev–Trinajstić information content (AvgIpc) is 1.82. The Hall–Kier alpha value is -0.670. The second-order valence-corrected chi connectivity index (χ2v) is 2.41. The summed E-state index contributed by atoms with van der Waals surface area (Å²) in [6.45, 7) is 3.57. The van der Waals surface area contributed by atoms with Crippen LogP contribution in [0, 0.1) is 5.92 Å². The number of carbonyl (C=O) groups is 1. The van der Waals surface area contributed by atoms with Crippen molar-refractivity contribution < 1.29 is 9.90 Å². The van der Waals surface area contributed by atoms with Gasteiger partial charge in [-0.25, -0.2) is 0 Å². The quantitative estimate of drug-likeness (QED) is 0.433. The lowest BCUT2D eigenvalue weighted by Crippen LogP contribution is -2.15. The summed E-state index contributed by atoms with van der Waals surface area (Å²) in [5.41, 5.74) is 4.96. The minimum absolute atomic E-state index is 0.0236. The Labute approximate surface area is 60.5 Å². The molecule has 0 saturated heterocycles. The lowest BCUT2D eigenvalue weighted by atomic mass is 10.1. The molecular weight excluding hydrogens is 130 g/mol. The summed E-state index contributed by atoms with van der Waals surface area (Å²) in [6.07, 6.45) is 1.54. The van der Waals surface area contributed by atoms with Crippen molar-refractivity contribution in [2.75, 3.05) is 0 Å². The molecule has 0 aromatic heterocycles. The van der Waals surface area contributed by atoms with E-state index in [1.807, 2.05) is 0 Å². The molecule has 10 heavy (non-hydrogen) atoms. The van der Waals surface area contributed by atoms with Crippen molar-refractivity contribution in [1.82, 2.24) is 0 Å². The molecule has 0 aromatic rings. The van der Waals surface area contributed by atoms with E-state index in [0.717, 1.165) is 0 Å². The van der Waals surface area contributed by atoms with Gasteiger partial charge in [-0.2, -0.15) is 0 Å². The molecule has 3 heteroatoms. The van der Waals surface area contributed by atoms with E-state index in [-0.39, 0.29) is 11.7 Å². The summed E-state index contributed by atoms with van der Waals surface area (Å²) in [5.74, 6) is -0.0560. The lowest BCUT2D eigenvalue weighted by Gasteiger charge is -1.97. The SMILES string of the molecule is CC(C)C(=O)/C=C/C(N)O. The number of ketones is 1. The average molecular weight is 143 g/mol. The van der Waals surface area contributed by atoms with Crippen LogP contribution in [-0.4, -0.2) is 17.1 Å². The van der Waals surface area contributed by atoms with Crippen LogP contribution in [0.15, 0.2) is 12.2 Å². The van der Waals surface area contributed by atoms with Gasteiger partial charge in [0.25, 0.3) is 0 Å². The van der Waals surface area contributed by atoms with Gasteiger partial charge in [0.15, 0.2) is 5.78 Å². The molecule has 0 saturated carbocycles. The maximum atomic E-state index is 10.8. The van der Waals surface area contributed by atoms with Gasteiger partial charge in [0.1, 0.15) is 6.23 Å². The van der Waals surface area contributed by atoms with Crippen molar-refractivity contribution in [2.24, 2.45) is 11.7 Å². The van der Waals surface area contributed by atoms with E-state index in [9.17, 15) is 4.79 Å². The van der Waals surface area contributed by atoms with E-state index >= 15 is 0 Å². The highest BCUT2D eigenvalue weighted by Gasteiger charge is 2.01. The van der Waals surface area contributed by atoms with Crippen LogP contribution in [0.3, 0.4) is 0 Å². The Morgan fingerprint density at radius 1 is 1.60 bits per heavy atom. The fraction of sp³-hybridized carbons (Fsp3) is 0.571. The molecule has 3 N–H and O–H groups in total. The van der Waals surface area contributed by atoms with Crippen LogP contribution in [-0.2, 0) is 4.79 Å². The normalized spacial score (nSPS) is 14.5. The molecule has 0 fully saturated rings. The van der Waals surface area contributed by atoms with Crippen molar-refractivity contribution in [3.63, 3.8) is 0 Å². The maximum absolute atomic E-state index is 10.8. The van der Waals surface area contributed by atoms with Crippen molar-refractivity contribution in [1.29, 1.82) is 0 Å². The molecule has 0 bridgehead atoms. The van der Waals surface area contributed by atoms with Gasteiger partial charge in [-0.15, -0.1) is 0 Å². The van der Waals surface area contributed by atoms with Gasteiger partial charge < -0.3 is 10.8 Å². The van der Waals surface area contributed by atoms with Gasteiger partial charge in [-0.3, -0.25) is 4.79 Å². The van der Waals surface area contributed by atoms with Gasteiger partial charge in [-0.05, 0) is 12.2 Å². The number of hydrogen-bond acceptors (Lipinski definition) is 3. The molecule has 0 amide bonds. The number of allylic oxidation sites excluding steroid dienone is 1. The molecule has 0 heterocycles. The number of aliphatic hydroxyl groups is 1. The van der Waals surface area contributed by atoms with Crippen LogP contribution >= 0.6 is 0 Å². The lowest BCUT2D eigenvalue weighted by molar-refractivity contribution is -0.117. The van der Waals surface area contributed by atoms with Crippen molar-refractivity contribution in [2.45, 2.75) is 20.1 Å². The van der Waals surface area contributed by atoms with Crippen LogP contribution in [0.25, 0.3) is 0 Å². The Balaban J connectivity index is 3.79. The monoisotopic (exact) mass is 143 g/mol. The number of nitrogens with two attached hydrogens (primary N) is 1. The van der Waals surface area contributed by atoms with Crippen molar-refractivity contribution >= 4 is 5.78 Å². The fourth-order valence-electron chi connectivity index (χ4n) is 0.386. The highest BCUT2D eigenvalue weighted by atomic mass is 16.3. The Morgan fingerprint density at radius 3 is 2.40 bits per heavy atom. The van der Waals surface area contributed by atoms with E-state index in [0.29, 0.717) is 0 Å². The molecule has 3 nitrogen and oxygen atoms in total. The first-order chi connectivity index (χ1) is 4.54. The first kappa shape index (κ1) is 9.33. The number of aliphatic hydroxyl groups excluding tert-OH is 1. The molecule has 1 atom stereocenters. The molecule has 58 valence electrons. The van der Waals surface area contributed by atoms with E-state index in [4.69, 9.17) is 10.8 Å². The Morgan fingerprint density at radius 2 is 2.10 bits per heavy atom. The van der Waals surface area contributed by atoms with Crippen LogP contribution < -0.4 is 5.73 Å². The predicted molar refractivity (Wildman–Crippen MR) is 39.2 cm³/mol. The van der Waals surface area contributed by atoms with E-state index in [1.54, 1.807) is 13.8 Å². The van der Waals surface area contributed by atoms with E-state index in [2.05, 4.69) is 0 Å². The van der Waals surface area contributed by atoms with Gasteiger partial charge in [0.2, 0.25) is 0 Å². The van der Waals surface area contributed by atoms with Gasteiger partial charge in [0.05, 0.1) is 0 Å². The molecule has 0 aliphatic rings. The second-order valence-electron chi connectivity index (χ2n) is 2.41. The topological polar surface area (TPSA) is 63.3 Å². The first-order valence-corrected chi connectivity index (χ1v) is 3.19. The first-order valence-electron chi connectivity index (χ1n) is 3.19. The second kappa shape index (κ2) is 4.19. The summed E-state index contributed by atoms with van der Waals surface area (Å²) in [6, 6.07) is 0. The third-order valence-electron chi connectivity index (χ3n) is 1.03. The molecule has 0 spiro atoms. The van der Waals surface area contributed by atoms with Crippen molar-refractivity contribution in [3.05, 3.63) is 12.2 Å². The predicted octanol–water partition coefficient (Wildman–Crippen LogP) is 0.0448. The molecule has 0 rings (SSSR count). The maximum Gasteiger partial charge on any atom is 0.158 e. The van der Waals surface area contributed by atoms with Crippen molar-refractivity contribution in [3.8, 4) is 0 Å². The zero-order chi connectivity index (χ0) is 8.15. The van der Waals surface area contributed by atoms with Crippen LogP contribution in [0.5, 0.6) is 0 Å². The third kappa shape index (κ3) is 4.23. The third-order valence-corrected chi connectivity index (χ3v) is 1.03. The Kier molecular flexibility index (Phi) is 3.91. The summed E-state index contributed by atoms with van der Waals surface area (Å²) in [5, 5.41) is 8.52. The highest BCUT2D eigenvalue weighted by molar-refractivity contribution is 5.91. The van der Waals surface area contributed by atoms with Crippen LogP contribution in [0.1, 0.15) is 13.8 Å². The molecule has 0 aliphatic heterocycles. The van der Waals surface area contributed by atoms with Gasteiger partial charge >= 0.3 is 0 Å². The number of rotatable bonds is 3. The summed E-state index contributed by atoms with van der Waals surface area (Å²) in [4.78, 5) is 10.8. The molecule has 0 radical (unpaired) electrons. The smallest absolute Gasteiger partial charge is 0.158 e. The van der Waals surface area contributed by atoms with Gasteiger partial charge in [-0.1, -0.05) is 13.8 Å². The standard InChI is InChI=1S/C7H13NO2/c1-5(2)6(9)3-4-7(8)10/h3-5,7,10H,8H2,1-2H3/b4-3+. The minimum atomic E-state index is -1.03. The largest absolute Gasteiger partial charge is 0.375 e. The fourth-order valence-corrected chi connectivity index (χ4v) is 0.386. The minimum Gasteiger partial charge on any atom is -0.375 e. The van der Waals surface area contributed by atoms with Gasteiger partial charge in [0, 0.05) is 5.92 Å². The molecule has 1 unspecified atom stereocenters. The number of carbonyl (C=O) groups excluding carboxylic acids is 1. The van der Waals surface area contributed by atoms with E-state index in [1.165, 1.54) is 12.2 Å². The Bertz CT molecular complexity index is 139.